The number of fused-ring (bicyclic) bond motifs is 1. The highest BCUT2D eigenvalue weighted by atomic mass is 16.5. The number of aromatic nitrogens is 1. The first-order valence-corrected chi connectivity index (χ1v) is 9.53. The molecule has 0 aliphatic carbocycles. The van der Waals surface area contributed by atoms with Crippen molar-refractivity contribution >= 4 is 22.7 Å². The van der Waals surface area contributed by atoms with Crippen LogP contribution in [0.3, 0.4) is 0 Å². The number of methoxy groups -OCH3 is 2. The Bertz CT molecular complexity index is 1170. The largest absolute Gasteiger partial charge is 0.497 e. The molecule has 0 atom stereocenters. The van der Waals surface area contributed by atoms with E-state index in [1.54, 1.807) is 32.4 Å². The summed E-state index contributed by atoms with van der Waals surface area (Å²) in [6.07, 6.45) is 0.578. The van der Waals surface area contributed by atoms with Gasteiger partial charge in [-0.15, -0.1) is 0 Å². The molecule has 0 aliphatic heterocycles. The number of aryl methyl sites for hydroxylation is 1. The van der Waals surface area contributed by atoms with Crippen LogP contribution in [0, 0.1) is 6.92 Å². The molecular formula is C24H22N2O4. The fourth-order valence-corrected chi connectivity index (χ4v) is 3.18. The van der Waals surface area contributed by atoms with Crippen molar-refractivity contribution in [3.8, 4) is 11.5 Å². The van der Waals surface area contributed by atoms with E-state index in [4.69, 9.17) is 13.9 Å². The topological polar surface area (TPSA) is 73.6 Å². The Hall–Kier alpha value is -3.80. The van der Waals surface area contributed by atoms with Crippen molar-refractivity contribution in [3.05, 3.63) is 83.2 Å². The Balaban J connectivity index is 1.46. The van der Waals surface area contributed by atoms with Gasteiger partial charge in [0, 0.05) is 23.7 Å². The molecule has 3 aromatic carbocycles. The number of nitrogens with zero attached hydrogens (tertiary/aromatic N) is 1. The van der Waals surface area contributed by atoms with Gasteiger partial charge in [0.15, 0.2) is 11.5 Å². The molecule has 1 aromatic heterocycles. The number of benzene rings is 3. The number of oxazole rings is 1. The quantitative estimate of drug-likeness (QED) is 0.491. The van der Waals surface area contributed by atoms with Gasteiger partial charge >= 0.3 is 0 Å². The Morgan fingerprint density at radius 2 is 1.67 bits per heavy atom. The van der Waals surface area contributed by atoms with E-state index in [-0.39, 0.29) is 5.91 Å². The fourth-order valence-electron chi connectivity index (χ4n) is 3.18. The molecular weight excluding hydrogens is 380 g/mol. The van der Waals surface area contributed by atoms with Crippen molar-refractivity contribution < 1.29 is 18.7 Å². The summed E-state index contributed by atoms with van der Waals surface area (Å²) in [6, 6.07) is 18.6. The number of hydrogen-bond acceptors (Lipinski definition) is 5. The van der Waals surface area contributed by atoms with Crippen LogP contribution in [0.25, 0.3) is 11.1 Å². The van der Waals surface area contributed by atoms with E-state index in [1.807, 2.05) is 49.4 Å². The van der Waals surface area contributed by atoms with Crippen LogP contribution in [0.5, 0.6) is 11.5 Å². The summed E-state index contributed by atoms with van der Waals surface area (Å²) in [5.41, 5.74) is 4.99. The summed E-state index contributed by atoms with van der Waals surface area (Å²) in [4.78, 5) is 17.2. The van der Waals surface area contributed by atoms with Crippen molar-refractivity contribution in [1.82, 2.24) is 4.98 Å². The second-order valence-corrected chi connectivity index (χ2v) is 7.01. The average molecular weight is 402 g/mol. The fraction of sp³-hybridized carbons (Fsp3) is 0.167. The van der Waals surface area contributed by atoms with E-state index in [0.717, 1.165) is 22.2 Å². The van der Waals surface area contributed by atoms with Crippen molar-refractivity contribution in [2.24, 2.45) is 0 Å². The highest BCUT2D eigenvalue weighted by molar-refractivity contribution is 6.04. The highest BCUT2D eigenvalue weighted by Gasteiger charge is 2.11. The van der Waals surface area contributed by atoms with Crippen molar-refractivity contribution in [2.45, 2.75) is 13.3 Å². The van der Waals surface area contributed by atoms with Gasteiger partial charge in [-0.25, -0.2) is 4.98 Å². The number of rotatable bonds is 6. The third-order valence-corrected chi connectivity index (χ3v) is 4.77. The Labute approximate surface area is 174 Å². The third kappa shape index (κ3) is 4.27. The van der Waals surface area contributed by atoms with E-state index in [0.29, 0.717) is 35.1 Å². The summed E-state index contributed by atoms with van der Waals surface area (Å²) in [5.74, 6) is 1.54. The standard InChI is InChI=1S/C24H22N2O4/c1-15-4-9-22-21(10-15)26-23(30-22)11-16-5-7-18(8-6-16)25-24(27)17-12-19(28-2)14-20(13-17)29-3/h4-10,12-14H,11H2,1-3H3,(H,25,27). The lowest BCUT2D eigenvalue weighted by atomic mass is 10.1. The maximum Gasteiger partial charge on any atom is 0.255 e. The summed E-state index contributed by atoms with van der Waals surface area (Å²) in [5, 5.41) is 2.89. The van der Waals surface area contributed by atoms with Gasteiger partial charge in [-0.3, -0.25) is 4.79 Å². The molecule has 4 rings (SSSR count). The first kappa shape index (κ1) is 19.5. The first-order valence-electron chi connectivity index (χ1n) is 9.53. The first-order chi connectivity index (χ1) is 14.5. The maximum absolute atomic E-state index is 12.6. The molecule has 6 nitrogen and oxygen atoms in total. The van der Waals surface area contributed by atoms with Crippen LogP contribution in [-0.4, -0.2) is 25.1 Å². The number of carbonyl (C=O) groups excluding carboxylic acids is 1. The summed E-state index contributed by atoms with van der Waals surface area (Å²) in [6.45, 7) is 2.03. The lowest BCUT2D eigenvalue weighted by Crippen LogP contribution is -2.12. The van der Waals surface area contributed by atoms with Gasteiger partial charge in [0.05, 0.1) is 14.2 Å². The van der Waals surface area contributed by atoms with Crippen molar-refractivity contribution in [3.63, 3.8) is 0 Å². The number of anilines is 1. The van der Waals surface area contributed by atoms with Crippen LogP contribution in [-0.2, 0) is 6.42 Å². The lowest BCUT2D eigenvalue weighted by molar-refractivity contribution is 0.102. The minimum Gasteiger partial charge on any atom is -0.497 e. The zero-order chi connectivity index (χ0) is 21.1. The van der Waals surface area contributed by atoms with Crippen molar-refractivity contribution in [1.29, 1.82) is 0 Å². The predicted molar refractivity (Wildman–Crippen MR) is 115 cm³/mol. The molecule has 1 N–H and O–H groups in total. The Morgan fingerprint density at radius 1 is 0.967 bits per heavy atom. The van der Waals surface area contributed by atoms with Crippen molar-refractivity contribution in [2.75, 3.05) is 19.5 Å². The Morgan fingerprint density at radius 3 is 2.33 bits per heavy atom. The summed E-state index contributed by atoms with van der Waals surface area (Å²) < 4.78 is 16.3. The number of amides is 1. The number of carbonyl (C=O) groups is 1. The minimum absolute atomic E-state index is 0.241. The smallest absolute Gasteiger partial charge is 0.255 e. The van der Waals surface area contributed by atoms with Crippen LogP contribution in [0.1, 0.15) is 27.4 Å². The lowest BCUT2D eigenvalue weighted by Gasteiger charge is -2.09. The molecule has 0 bridgehead atoms. The van der Waals surface area contributed by atoms with Gasteiger partial charge in [-0.1, -0.05) is 18.2 Å². The van der Waals surface area contributed by atoms with Crippen LogP contribution in [0.2, 0.25) is 0 Å². The van der Waals surface area contributed by atoms with Crippen LogP contribution in [0.4, 0.5) is 5.69 Å². The Kier molecular flexibility index (Phi) is 5.39. The van der Waals surface area contributed by atoms with E-state index in [9.17, 15) is 4.79 Å². The average Bonchev–Trinajstić information content (AvgIpc) is 3.15. The molecule has 1 amide bonds. The molecule has 0 aliphatic rings. The van der Waals surface area contributed by atoms with E-state index >= 15 is 0 Å². The minimum atomic E-state index is -0.241. The molecule has 30 heavy (non-hydrogen) atoms. The van der Waals surface area contributed by atoms with Gasteiger partial charge in [0.1, 0.15) is 17.0 Å². The zero-order valence-electron chi connectivity index (χ0n) is 17.1. The molecule has 4 aromatic rings. The van der Waals surface area contributed by atoms with Gasteiger partial charge in [0.25, 0.3) is 5.91 Å². The van der Waals surface area contributed by atoms with Crippen LogP contribution < -0.4 is 14.8 Å². The molecule has 152 valence electrons. The second kappa shape index (κ2) is 8.29. The van der Waals surface area contributed by atoms with E-state index in [1.165, 1.54) is 0 Å². The van der Waals surface area contributed by atoms with E-state index < -0.39 is 0 Å². The highest BCUT2D eigenvalue weighted by Crippen LogP contribution is 2.24. The number of nitrogens with one attached hydrogen (secondary N) is 1. The van der Waals surface area contributed by atoms with Gasteiger partial charge in [-0.2, -0.15) is 0 Å². The molecule has 0 saturated heterocycles. The molecule has 0 unspecified atom stereocenters. The monoisotopic (exact) mass is 402 g/mol. The molecule has 0 spiro atoms. The molecule has 0 fully saturated rings. The summed E-state index contributed by atoms with van der Waals surface area (Å²) >= 11 is 0. The number of ether oxygens (including phenoxy) is 2. The SMILES string of the molecule is COc1cc(OC)cc(C(=O)Nc2ccc(Cc3nc4cc(C)ccc4o3)cc2)c1. The summed E-state index contributed by atoms with van der Waals surface area (Å²) in [7, 11) is 3.10. The second-order valence-electron chi connectivity index (χ2n) is 7.01. The van der Waals surface area contributed by atoms with Gasteiger partial charge in [-0.05, 0) is 54.4 Å². The third-order valence-electron chi connectivity index (χ3n) is 4.77. The maximum atomic E-state index is 12.6. The zero-order valence-corrected chi connectivity index (χ0v) is 17.1. The van der Waals surface area contributed by atoms with Gasteiger partial charge in [0.2, 0.25) is 0 Å². The van der Waals surface area contributed by atoms with E-state index in [2.05, 4.69) is 10.3 Å². The van der Waals surface area contributed by atoms with Crippen LogP contribution in [0.15, 0.2) is 65.1 Å². The molecule has 1 heterocycles. The normalized spacial score (nSPS) is 10.8. The molecule has 6 heteroatoms. The molecule has 0 saturated carbocycles. The number of hydrogen-bond donors (Lipinski definition) is 1. The van der Waals surface area contributed by atoms with Gasteiger partial charge < -0.3 is 19.2 Å². The molecule has 0 radical (unpaired) electrons. The predicted octanol–water partition coefficient (Wildman–Crippen LogP) is 5.00. The van der Waals surface area contributed by atoms with Crippen LogP contribution >= 0.6 is 0 Å².